The molecule has 146 valence electrons. The zero-order valence-corrected chi connectivity index (χ0v) is 15.8. The van der Waals surface area contributed by atoms with Crippen molar-refractivity contribution in [2.75, 3.05) is 0 Å². The van der Waals surface area contributed by atoms with Gasteiger partial charge in [-0.15, -0.1) is 0 Å². The summed E-state index contributed by atoms with van der Waals surface area (Å²) in [7, 11) is 0. The highest BCUT2D eigenvalue weighted by Gasteiger charge is 2.18. The number of aliphatic hydroxyl groups is 1. The highest BCUT2D eigenvalue weighted by molar-refractivity contribution is 5.84. The van der Waals surface area contributed by atoms with Gasteiger partial charge in [0.2, 0.25) is 0 Å². The average Bonchev–Trinajstić information content (AvgIpc) is 3.07. The minimum Gasteiger partial charge on any atom is -0.461 e. The number of aliphatic hydroxyl groups excluding tert-OH is 1. The van der Waals surface area contributed by atoms with E-state index in [2.05, 4.69) is 5.32 Å². The zero-order chi connectivity index (χ0) is 20.2. The van der Waals surface area contributed by atoms with Crippen LogP contribution in [0, 0.1) is 0 Å². The summed E-state index contributed by atoms with van der Waals surface area (Å²) in [5.74, 6) is 0.313. The van der Waals surface area contributed by atoms with Crippen molar-refractivity contribution in [1.82, 2.24) is 5.32 Å². The standard InChI is InChI=1S/C24H22N2O3/c25-21-11-6-10-19(26-24(28)23(27)16-7-2-1-3-8-16)13-18(21)15-20-14-17-9-4-5-12-22(17)29-20/h1-5,7-14,23,27H,6,15,25H2,(H,26,28). The van der Waals surface area contributed by atoms with Crippen LogP contribution in [0.15, 0.2) is 100 Å². The monoisotopic (exact) mass is 386 g/mol. The van der Waals surface area contributed by atoms with Gasteiger partial charge in [-0.3, -0.25) is 4.79 Å². The smallest absolute Gasteiger partial charge is 0.257 e. The van der Waals surface area contributed by atoms with E-state index in [-0.39, 0.29) is 0 Å². The lowest BCUT2D eigenvalue weighted by Crippen LogP contribution is -2.28. The molecular formula is C24H22N2O3. The van der Waals surface area contributed by atoms with Gasteiger partial charge in [-0.1, -0.05) is 60.7 Å². The third kappa shape index (κ3) is 4.31. The number of amides is 1. The van der Waals surface area contributed by atoms with Gasteiger partial charge in [-0.2, -0.15) is 0 Å². The molecule has 0 spiro atoms. The van der Waals surface area contributed by atoms with E-state index in [1.165, 1.54) is 0 Å². The number of rotatable bonds is 5. The lowest BCUT2D eigenvalue weighted by Gasteiger charge is -2.13. The van der Waals surface area contributed by atoms with Gasteiger partial charge >= 0.3 is 0 Å². The molecule has 0 bridgehead atoms. The maximum Gasteiger partial charge on any atom is 0.257 e. The van der Waals surface area contributed by atoms with E-state index in [9.17, 15) is 9.90 Å². The second-order valence-electron chi connectivity index (χ2n) is 6.95. The predicted octanol–water partition coefficient (Wildman–Crippen LogP) is 3.88. The second-order valence-corrected chi connectivity index (χ2v) is 6.95. The number of fused-ring (bicyclic) bond motifs is 1. The molecule has 2 aromatic carbocycles. The van der Waals surface area contributed by atoms with Crippen LogP contribution >= 0.6 is 0 Å². The maximum absolute atomic E-state index is 12.5. The van der Waals surface area contributed by atoms with Gasteiger partial charge in [-0.05, 0) is 35.8 Å². The summed E-state index contributed by atoms with van der Waals surface area (Å²) in [5, 5.41) is 14.1. The number of benzene rings is 2. The molecular weight excluding hydrogens is 364 g/mol. The van der Waals surface area contributed by atoms with Crippen molar-refractivity contribution in [2.24, 2.45) is 5.73 Å². The molecule has 3 aromatic rings. The largest absolute Gasteiger partial charge is 0.461 e. The molecule has 1 aliphatic carbocycles. The first kappa shape index (κ1) is 18.8. The average molecular weight is 386 g/mol. The first-order valence-corrected chi connectivity index (χ1v) is 9.48. The van der Waals surface area contributed by atoms with E-state index in [1.54, 1.807) is 24.3 Å². The van der Waals surface area contributed by atoms with Crippen LogP contribution in [0.3, 0.4) is 0 Å². The van der Waals surface area contributed by atoms with Crippen molar-refractivity contribution in [3.63, 3.8) is 0 Å². The number of nitrogens with two attached hydrogens (primary N) is 1. The van der Waals surface area contributed by atoms with Crippen LogP contribution < -0.4 is 11.1 Å². The second kappa shape index (κ2) is 8.20. The van der Waals surface area contributed by atoms with Gasteiger partial charge in [0.1, 0.15) is 11.3 Å². The fraction of sp³-hybridized carbons (Fsp3) is 0.125. The fourth-order valence-electron chi connectivity index (χ4n) is 3.32. The van der Waals surface area contributed by atoms with Crippen LogP contribution in [-0.4, -0.2) is 11.0 Å². The molecule has 0 aliphatic heterocycles. The molecule has 0 saturated heterocycles. The van der Waals surface area contributed by atoms with E-state index in [4.69, 9.17) is 10.2 Å². The summed E-state index contributed by atoms with van der Waals surface area (Å²) in [6.07, 6.45) is 5.46. The number of hydrogen-bond donors (Lipinski definition) is 3. The number of para-hydroxylation sites is 1. The molecule has 1 heterocycles. The van der Waals surface area contributed by atoms with Crippen LogP contribution in [0.5, 0.6) is 0 Å². The van der Waals surface area contributed by atoms with E-state index < -0.39 is 12.0 Å². The van der Waals surface area contributed by atoms with Crippen LogP contribution in [0.1, 0.15) is 23.8 Å². The quantitative estimate of drug-likeness (QED) is 0.621. The van der Waals surface area contributed by atoms with Crippen molar-refractivity contribution in [3.05, 3.63) is 107 Å². The molecule has 29 heavy (non-hydrogen) atoms. The van der Waals surface area contributed by atoms with Gasteiger partial charge < -0.3 is 20.6 Å². The summed E-state index contributed by atoms with van der Waals surface area (Å²) in [5.41, 5.74) is 9.70. The number of furan rings is 1. The number of carbonyl (C=O) groups is 1. The minimum atomic E-state index is -1.24. The molecule has 1 atom stereocenters. The Balaban J connectivity index is 1.52. The zero-order valence-electron chi connectivity index (χ0n) is 15.8. The molecule has 1 aliphatic rings. The number of hydrogen-bond acceptors (Lipinski definition) is 4. The predicted molar refractivity (Wildman–Crippen MR) is 113 cm³/mol. The molecule has 4 N–H and O–H groups in total. The Morgan fingerprint density at radius 3 is 2.66 bits per heavy atom. The van der Waals surface area contributed by atoms with Crippen LogP contribution in [0.2, 0.25) is 0 Å². The van der Waals surface area contributed by atoms with Gasteiger partial charge in [-0.25, -0.2) is 0 Å². The van der Waals surface area contributed by atoms with Crippen molar-refractivity contribution in [2.45, 2.75) is 18.9 Å². The van der Waals surface area contributed by atoms with Gasteiger partial charge in [0.15, 0.2) is 6.10 Å². The maximum atomic E-state index is 12.5. The molecule has 0 saturated carbocycles. The molecule has 1 aromatic heterocycles. The third-order valence-corrected chi connectivity index (χ3v) is 4.85. The summed E-state index contributed by atoms with van der Waals surface area (Å²) < 4.78 is 5.90. The topological polar surface area (TPSA) is 88.5 Å². The van der Waals surface area contributed by atoms with E-state index in [1.807, 2.05) is 54.6 Å². The third-order valence-electron chi connectivity index (χ3n) is 4.85. The number of carbonyl (C=O) groups excluding carboxylic acids is 1. The lowest BCUT2D eigenvalue weighted by molar-refractivity contribution is -0.128. The van der Waals surface area contributed by atoms with Crippen molar-refractivity contribution < 1.29 is 14.3 Å². The van der Waals surface area contributed by atoms with E-state index in [0.717, 1.165) is 22.3 Å². The first-order valence-electron chi connectivity index (χ1n) is 9.48. The summed E-state index contributed by atoms with van der Waals surface area (Å²) >= 11 is 0. The number of nitrogens with one attached hydrogen (secondary N) is 1. The van der Waals surface area contributed by atoms with Gasteiger partial charge in [0.25, 0.3) is 5.91 Å². The molecule has 1 unspecified atom stereocenters. The van der Waals surface area contributed by atoms with E-state index in [0.29, 0.717) is 29.8 Å². The van der Waals surface area contributed by atoms with E-state index >= 15 is 0 Å². The molecule has 0 radical (unpaired) electrons. The van der Waals surface area contributed by atoms with Crippen molar-refractivity contribution in [1.29, 1.82) is 0 Å². The highest BCUT2D eigenvalue weighted by Crippen LogP contribution is 2.24. The fourth-order valence-corrected chi connectivity index (χ4v) is 3.32. The summed E-state index contributed by atoms with van der Waals surface area (Å²) in [6.45, 7) is 0. The van der Waals surface area contributed by atoms with Crippen LogP contribution in [0.4, 0.5) is 0 Å². The Bertz CT molecular complexity index is 1090. The van der Waals surface area contributed by atoms with Crippen molar-refractivity contribution in [3.8, 4) is 0 Å². The Morgan fingerprint density at radius 1 is 1.10 bits per heavy atom. The molecule has 4 rings (SSSR count). The highest BCUT2D eigenvalue weighted by atomic mass is 16.3. The number of allylic oxidation sites excluding steroid dienone is 4. The molecule has 5 heteroatoms. The Hall–Kier alpha value is -3.57. The van der Waals surface area contributed by atoms with Crippen LogP contribution in [-0.2, 0) is 11.2 Å². The SMILES string of the molecule is NC1=CCC=C(NC(=O)C(O)c2ccccc2)C=C1Cc1cc2ccccc2o1. The van der Waals surface area contributed by atoms with Crippen molar-refractivity contribution >= 4 is 16.9 Å². The molecule has 1 amide bonds. The lowest BCUT2D eigenvalue weighted by atomic mass is 10.1. The first-order chi connectivity index (χ1) is 14.1. The normalized spacial score (nSPS) is 15.1. The summed E-state index contributed by atoms with van der Waals surface area (Å²) in [6, 6.07) is 18.7. The van der Waals surface area contributed by atoms with Crippen LogP contribution in [0.25, 0.3) is 11.0 Å². The van der Waals surface area contributed by atoms with Gasteiger partial charge in [0.05, 0.1) is 0 Å². The Morgan fingerprint density at radius 2 is 1.86 bits per heavy atom. The molecule has 5 nitrogen and oxygen atoms in total. The Kier molecular flexibility index (Phi) is 5.31. The summed E-state index contributed by atoms with van der Waals surface area (Å²) in [4.78, 5) is 12.5. The minimum absolute atomic E-state index is 0.484. The van der Waals surface area contributed by atoms with Gasteiger partial charge in [0, 0.05) is 23.2 Å². The Labute approximate surface area is 168 Å². The molecule has 0 fully saturated rings.